The number of hydrogen-bond donors (Lipinski definition) is 2. The Morgan fingerprint density at radius 3 is 2.57 bits per heavy atom. The molecule has 0 heterocycles. The van der Waals surface area contributed by atoms with E-state index in [0.717, 1.165) is 45.3 Å². The fourth-order valence-electron chi connectivity index (χ4n) is 1.96. The van der Waals surface area contributed by atoms with E-state index >= 15 is 0 Å². The molecule has 0 aromatic carbocycles. The largest absolute Gasteiger partial charge is 0.393 e. The lowest BCUT2D eigenvalue weighted by atomic mass is 9.93. The Kier molecular flexibility index (Phi) is 6.15. The predicted molar refractivity (Wildman–Crippen MR) is 57.4 cm³/mol. The first kappa shape index (κ1) is 12.0. The van der Waals surface area contributed by atoms with E-state index in [1.807, 2.05) is 0 Å². The van der Waals surface area contributed by atoms with Gasteiger partial charge in [-0.15, -0.1) is 0 Å². The van der Waals surface area contributed by atoms with Gasteiger partial charge in [0.15, 0.2) is 0 Å². The van der Waals surface area contributed by atoms with E-state index in [4.69, 9.17) is 4.74 Å². The highest BCUT2D eigenvalue weighted by Gasteiger charge is 2.18. The Balaban J connectivity index is 1.91. The van der Waals surface area contributed by atoms with Crippen LogP contribution in [-0.4, -0.2) is 37.5 Å². The van der Waals surface area contributed by atoms with Gasteiger partial charge in [-0.05, 0) is 45.1 Å². The summed E-state index contributed by atoms with van der Waals surface area (Å²) in [5.41, 5.74) is 0. The van der Waals surface area contributed by atoms with Crippen LogP contribution >= 0.6 is 0 Å². The predicted octanol–water partition coefficient (Wildman–Crippen LogP) is 1.31. The molecule has 1 aliphatic carbocycles. The minimum Gasteiger partial charge on any atom is -0.393 e. The molecule has 1 fully saturated rings. The van der Waals surface area contributed by atoms with Crippen molar-refractivity contribution in [1.29, 1.82) is 0 Å². The van der Waals surface area contributed by atoms with Crippen LogP contribution in [0, 0.1) is 0 Å². The van der Waals surface area contributed by atoms with Crippen molar-refractivity contribution in [3.63, 3.8) is 0 Å². The van der Waals surface area contributed by atoms with Crippen LogP contribution in [0.3, 0.4) is 0 Å². The zero-order valence-electron chi connectivity index (χ0n) is 9.17. The molecule has 0 saturated heterocycles. The lowest BCUT2D eigenvalue weighted by Gasteiger charge is -2.26. The molecule has 84 valence electrons. The second-order valence-electron chi connectivity index (χ2n) is 4.16. The van der Waals surface area contributed by atoms with E-state index in [1.54, 1.807) is 7.11 Å². The van der Waals surface area contributed by atoms with Crippen molar-refractivity contribution in [3.8, 4) is 0 Å². The normalized spacial score (nSPS) is 27.9. The van der Waals surface area contributed by atoms with Crippen LogP contribution in [0.25, 0.3) is 0 Å². The molecular weight excluding hydrogens is 178 g/mol. The monoisotopic (exact) mass is 201 g/mol. The molecule has 0 spiro atoms. The molecule has 0 atom stereocenters. The van der Waals surface area contributed by atoms with Gasteiger partial charge in [-0.2, -0.15) is 0 Å². The summed E-state index contributed by atoms with van der Waals surface area (Å²) < 4.78 is 4.99. The number of hydrogen-bond acceptors (Lipinski definition) is 3. The van der Waals surface area contributed by atoms with E-state index in [2.05, 4.69) is 5.32 Å². The van der Waals surface area contributed by atoms with Gasteiger partial charge in [-0.1, -0.05) is 0 Å². The molecule has 14 heavy (non-hydrogen) atoms. The van der Waals surface area contributed by atoms with Crippen molar-refractivity contribution in [1.82, 2.24) is 5.32 Å². The minimum absolute atomic E-state index is 0.0402. The van der Waals surface area contributed by atoms with E-state index in [9.17, 15) is 5.11 Å². The highest BCUT2D eigenvalue weighted by molar-refractivity contribution is 4.76. The molecule has 0 amide bonds. The van der Waals surface area contributed by atoms with Crippen LogP contribution in [-0.2, 0) is 4.74 Å². The van der Waals surface area contributed by atoms with Crippen molar-refractivity contribution < 1.29 is 9.84 Å². The number of ether oxygens (including phenoxy) is 1. The Morgan fingerprint density at radius 1 is 1.21 bits per heavy atom. The van der Waals surface area contributed by atoms with Gasteiger partial charge in [-0.3, -0.25) is 0 Å². The third kappa shape index (κ3) is 4.94. The average molecular weight is 201 g/mol. The topological polar surface area (TPSA) is 41.5 Å². The molecule has 0 radical (unpaired) electrons. The van der Waals surface area contributed by atoms with E-state index in [1.165, 1.54) is 6.42 Å². The molecule has 2 N–H and O–H groups in total. The van der Waals surface area contributed by atoms with Crippen molar-refractivity contribution in [2.75, 3.05) is 20.3 Å². The quantitative estimate of drug-likeness (QED) is 0.637. The van der Waals surface area contributed by atoms with Crippen LogP contribution in [0.5, 0.6) is 0 Å². The number of aliphatic hydroxyl groups excluding tert-OH is 1. The summed E-state index contributed by atoms with van der Waals surface area (Å²) in [5.74, 6) is 0. The molecule has 1 aliphatic rings. The van der Waals surface area contributed by atoms with E-state index in [-0.39, 0.29) is 6.10 Å². The van der Waals surface area contributed by atoms with E-state index in [0.29, 0.717) is 6.04 Å². The fraction of sp³-hybridized carbons (Fsp3) is 1.00. The van der Waals surface area contributed by atoms with Crippen molar-refractivity contribution in [3.05, 3.63) is 0 Å². The SMILES string of the molecule is COCCCCN[C@H]1CC[C@H](O)CC1. The Morgan fingerprint density at radius 2 is 1.93 bits per heavy atom. The lowest BCUT2D eigenvalue weighted by molar-refractivity contribution is 0.116. The average Bonchev–Trinajstić information content (AvgIpc) is 2.21. The van der Waals surface area contributed by atoms with Gasteiger partial charge in [0.2, 0.25) is 0 Å². The maximum absolute atomic E-state index is 9.32. The molecule has 0 unspecified atom stereocenters. The zero-order valence-corrected chi connectivity index (χ0v) is 9.17. The summed E-state index contributed by atoms with van der Waals surface area (Å²) in [6.45, 7) is 1.95. The van der Waals surface area contributed by atoms with Gasteiger partial charge < -0.3 is 15.2 Å². The Bertz CT molecular complexity index is 133. The highest BCUT2D eigenvalue weighted by Crippen LogP contribution is 2.18. The standard InChI is InChI=1S/C11H23NO2/c1-14-9-3-2-8-12-10-4-6-11(13)7-5-10/h10-13H,2-9H2,1H3/t10-,11-. The van der Waals surface area contributed by atoms with Gasteiger partial charge in [0.1, 0.15) is 0 Å². The first-order chi connectivity index (χ1) is 6.83. The van der Waals surface area contributed by atoms with Crippen molar-refractivity contribution >= 4 is 0 Å². The summed E-state index contributed by atoms with van der Waals surface area (Å²) >= 11 is 0. The Hall–Kier alpha value is -0.120. The number of nitrogens with one attached hydrogen (secondary N) is 1. The van der Waals surface area contributed by atoms with Crippen LogP contribution < -0.4 is 5.32 Å². The minimum atomic E-state index is -0.0402. The second kappa shape index (κ2) is 7.21. The van der Waals surface area contributed by atoms with Gasteiger partial charge in [-0.25, -0.2) is 0 Å². The summed E-state index contributed by atoms with van der Waals surface area (Å²) in [5, 5.41) is 12.9. The lowest BCUT2D eigenvalue weighted by Crippen LogP contribution is -2.35. The summed E-state index contributed by atoms with van der Waals surface area (Å²) in [4.78, 5) is 0. The molecule has 1 rings (SSSR count). The van der Waals surface area contributed by atoms with Crippen molar-refractivity contribution in [2.45, 2.75) is 50.7 Å². The third-order valence-electron chi connectivity index (χ3n) is 2.90. The first-order valence-electron chi connectivity index (χ1n) is 5.73. The maximum Gasteiger partial charge on any atom is 0.0541 e. The van der Waals surface area contributed by atoms with Gasteiger partial charge in [0.05, 0.1) is 6.10 Å². The zero-order chi connectivity index (χ0) is 10.2. The van der Waals surface area contributed by atoms with Crippen molar-refractivity contribution in [2.24, 2.45) is 0 Å². The molecule has 3 heteroatoms. The Labute approximate surface area is 86.8 Å². The molecule has 0 aromatic heterocycles. The summed E-state index contributed by atoms with van der Waals surface area (Å²) in [6, 6.07) is 0.640. The van der Waals surface area contributed by atoms with E-state index < -0.39 is 0 Å². The molecule has 0 bridgehead atoms. The third-order valence-corrected chi connectivity index (χ3v) is 2.90. The van der Waals surface area contributed by atoms with Crippen LogP contribution in [0.1, 0.15) is 38.5 Å². The molecular formula is C11H23NO2. The first-order valence-corrected chi connectivity index (χ1v) is 5.73. The van der Waals surface area contributed by atoms with Gasteiger partial charge in [0.25, 0.3) is 0 Å². The fourth-order valence-corrected chi connectivity index (χ4v) is 1.96. The maximum atomic E-state index is 9.32. The summed E-state index contributed by atoms with van der Waals surface area (Å²) in [6.07, 6.45) is 6.48. The second-order valence-corrected chi connectivity index (χ2v) is 4.16. The van der Waals surface area contributed by atoms with Gasteiger partial charge >= 0.3 is 0 Å². The van der Waals surface area contributed by atoms with Crippen LogP contribution in [0.15, 0.2) is 0 Å². The van der Waals surface area contributed by atoms with Crippen LogP contribution in [0.4, 0.5) is 0 Å². The smallest absolute Gasteiger partial charge is 0.0541 e. The number of aliphatic hydroxyl groups is 1. The highest BCUT2D eigenvalue weighted by atomic mass is 16.5. The number of unbranched alkanes of at least 4 members (excludes halogenated alkanes) is 1. The number of methoxy groups -OCH3 is 1. The molecule has 1 saturated carbocycles. The summed E-state index contributed by atoms with van der Waals surface area (Å²) in [7, 11) is 1.75. The molecule has 3 nitrogen and oxygen atoms in total. The molecule has 0 aliphatic heterocycles. The molecule has 0 aromatic rings. The van der Waals surface area contributed by atoms with Crippen LogP contribution in [0.2, 0.25) is 0 Å². The number of rotatable bonds is 6. The van der Waals surface area contributed by atoms with Gasteiger partial charge in [0, 0.05) is 19.8 Å².